The van der Waals surface area contributed by atoms with Gasteiger partial charge >= 0.3 is 0 Å². The average Bonchev–Trinajstić information content (AvgIpc) is 2.29. The third kappa shape index (κ3) is 2.57. The largest absolute Gasteiger partial charge is 0.484 e. The number of rotatable bonds is 3. The Morgan fingerprint density at radius 3 is 2.56 bits per heavy atom. The Balaban J connectivity index is 2.05. The highest BCUT2D eigenvalue weighted by Gasteiger charge is 2.04. The van der Waals surface area contributed by atoms with Crippen LogP contribution in [-0.2, 0) is 6.61 Å². The number of aryl methyl sites for hydroxylation is 1. The summed E-state index contributed by atoms with van der Waals surface area (Å²) in [6.07, 6.45) is 0. The lowest BCUT2D eigenvalue weighted by Gasteiger charge is -2.06. The summed E-state index contributed by atoms with van der Waals surface area (Å²) in [4.78, 5) is 3.69. The maximum atomic E-state index is 13.3. The summed E-state index contributed by atoms with van der Waals surface area (Å²) in [7, 11) is 0. The number of hydrogen-bond donors (Lipinski definition) is 0. The summed E-state index contributed by atoms with van der Waals surface area (Å²) < 4.78 is 18.7. The molecule has 1 aromatic carbocycles. The minimum atomic E-state index is -0.559. The van der Waals surface area contributed by atoms with Crippen LogP contribution in [0.25, 0.3) is 0 Å². The molecule has 2 rings (SSSR count). The first kappa shape index (κ1) is 10.6. The maximum Gasteiger partial charge on any atom is 0.255 e. The zero-order valence-corrected chi connectivity index (χ0v) is 8.98. The van der Waals surface area contributed by atoms with E-state index in [0.29, 0.717) is 12.3 Å². The van der Waals surface area contributed by atoms with Crippen LogP contribution in [-0.4, -0.2) is 4.98 Å². The predicted molar refractivity (Wildman–Crippen MR) is 59.7 cm³/mol. The van der Waals surface area contributed by atoms with Crippen LogP contribution in [0.4, 0.5) is 4.39 Å². The Morgan fingerprint density at radius 1 is 1.12 bits per heavy atom. The molecule has 0 N–H and O–H groups in total. The second-order valence-electron chi connectivity index (χ2n) is 3.52. The number of halogens is 1. The summed E-state index contributed by atoms with van der Waals surface area (Å²) in [5, 5.41) is 0. The molecule has 0 aliphatic heterocycles. The molecule has 0 atom stereocenters. The normalized spacial score (nSPS) is 10.1. The fourth-order valence-corrected chi connectivity index (χ4v) is 1.36. The van der Waals surface area contributed by atoms with Gasteiger partial charge in [-0.05, 0) is 24.6 Å². The van der Waals surface area contributed by atoms with E-state index >= 15 is 0 Å². The number of hydrogen-bond acceptors (Lipinski definition) is 2. The van der Waals surface area contributed by atoms with Crippen molar-refractivity contribution in [2.45, 2.75) is 13.5 Å². The second kappa shape index (κ2) is 4.75. The zero-order valence-electron chi connectivity index (χ0n) is 8.98. The van der Waals surface area contributed by atoms with Crippen molar-refractivity contribution in [1.29, 1.82) is 0 Å². The zero-order chi connectivity index (χ0) is 11.4. The highest BCUT2D eigenvalue weighted by molar-refractivity contribution is 5.22. The van der Waals surface area contributed by atoms with Crippen LogP contribution in [0.3, 0.4) is 0 Å². The van der Waals surface area contributed by atoms with Crippen LogP contribution in [0.15, 0.2) is 42.5 Å². The standard InChI is InChI=1S/C13H12FNO/c1-10-7-8-12(13(14)15-10)16-9-11-5-3-2-4-6-11/h2-8H,9H2,1H3. The van der Waals surface area contributed by atoms with Gasteiger partial charge in [0.15, 0.2) is 5.75 Å². The summed E-state index contributed by atoms with van der Waals surface area (Å²) in [5.41, 5.74) is 1.65. The number of pyridine rings is 1. The number of ether oxygens (including phenoxy) is 1. The van der Waals surface area contributed by atoms with E-state index in [0.717, 1.165) is 5.56 Å². The first-order chi connectivity index (χ1) is 7.75. The lowest BCUT2D eigenvalue weighted by atomic mass is 10.2. The Labute approximate surface area is 93.7 Å². The lowest BCUT2D eigenvalue weighted by Crippen LogP contribution is -1.99. The molecule has 0 spiro atoms. The van der Waals surface area contributed by atoms with Crippen molar-refractivity contribution in [3.63, 3.8) is 0 Å². The molecule has 3 heteroatoms. The molecule has 0 bridgehead atoms. The van der Waals surface area contributed by atoms with Gasteiger partial charge in [0.05, 0.1) is 0 Å². The summed E-state index contributed by atoms with van der Waals surface area (Å²) >= 11 is 0. The van der Waals surface area contributed by atoms with Crippen molar-refractivity contribution >= 4 is 0 Å². The van der Waals surface area contributed by atoms with Gasteiger partial charge in [-0.15, -0.1) is 0 Å². The lowest BCUT2D eigenvalue weighted by molar-refractivity contribution is 0.285. The van der Waals surface area contributed by atoms with Crippen molar-refractivity contribution in [1.82, 2.24) is 4.98 Å². The molecule has 0 amide bonds. The van der Waals surface area contributed by atoms with Gasteiger partial charge in [-0.2, -0.15) is 4.39 Å². The van der Waals surface area contributed by atoms with E-state index in [1.807, 2.05) is 30.3 Å². The fourth-order valence-electron chi connectivity index (χ4n) is 1.36. The van der Waals surface area contributed by atoms with Crippen LogP contribution in [0, 0.1) is 12.9 Å². The third-order valence-corrected chi connectivity index (χ3v) is 2.19. The van der Waals surface area contributed by atoms with E-state index in [-0.39, 0.29) is 5.75 Å². The van der Waals surface area contributed by atoms with E-state index in [9.17, 15) is 4.39 Å². The number of benzene rings is 1. The molecule has 0 aliphatic rings. The average molecular weight is 217 g/mol. The molecular formula is C13H12FNO. The van der Waals surface area contributed by atoms with Crippen LogP contribution >= 0.6 is 0 Å². The smallest absolute Gasteiger partial charge is 0.255 e. The van der Waals surface area contributed by atoms with Gasteiger partial charge in [0.2, 0.25) is 0 Å². The molecule has 1 heterocycles. The molecule has 82 valence electrons. The van der Waals surface area contributed by atoms with E-state index < -0.39 is 5.95 Å². The Morgan fingerprint density at radius 2 is 1.88 bits per heavy atom. The maximum absolute atomic E-state index is 13.3. The van der Waals surface area contributed by atoms with Crippen molar-refractivity contribution < 1.29 is 9.13 Å². The number of nitrogens with zero attached hydrogens (tertiary/aromatic N) is 1. The molecule has 0 aliphatic carbocycles. The monoisotopic (exact) mass is 217 g/mol. The Kier molecular flexibility index (Phi) is 3.15. The van der Waals surface area contributed by atoms with Gasteiger partial charge in [-0.1, -0.05) is 30.3 Å². The summed E-state index contributed by atoms with van der Waals surface area (Å²) in [6.45, 7) is 2.09. The molecule has 16 heavy (non-hydrogen) atoms. The molecule has 1 aromatic heterocycles. The quantitative estimate of drug-likeness (QED) is 0.737. The van der Waals surface area contributed by atoms with Gasteiger partial charge < -0.3 is 4.74 Å². The van der Waals surface area contributed by atoms with E-state index in [4.69, 9.17) is 4.74 Å². The minimum absolute atomic E-state index is 0.189. The molecule has 0 unspecified atom stereocenters. The Bertz CT molecular complexity index is 471. The third-order valence-electron chi connectivity index (χ3n) is 2.19. The van der Waals surface area contributed by atoms with Crippen LogP contribution in [0.1, 0.15) is 11.3 Å². The predicted octanol–water partition coefficient (Wildman–Crippen LogP) is 3.11. The highest BCUT2D eigenvalue weighted by atomic mass is 19.1. The van der Waals surface area contributed by atoms with E-state index in [1.54, 1.807) is 19.1 Å². The first-order valence-corrected chi connectivity index (χ1v) is 5.05. The molecule has 2 nitrogen and oxygen atoms in total. The van der Waals surface area contributed by atoms with Gasteiger partial charge in [-0.25, -0.2) is 4.98 Å². The van der Waals surface area contributed by atoms with Crippen molar-refractivity contribution in [2.75, 3.05) is 0 Å². The van der Waals surface area contributed by atoms with Gasteiger partial charge in [0, 0.05) is 5.69 Å². The topological polar surface area (TPSA) is 22.1 Å². The molecular weight excluding hydrogens is 205 g/mol. The van der Waals surface area contributed by atoms with Gasteiger partial charge in [0.25, 0.3) is 5.95 Å². The number of aromatic nitrogens is 1. The van der Waals surface area contributed by atoms with Crippen molar-refractivity contribution in [3.05, 3.63) is 59.7 Å². The van der Waals surface area contributed by atoms with E-state index in [2.05, 4.69) is 4.98 Å². The molecule has 0 saturated heterocycles. The van der Waals surface area contributed by atoms with Gasteiger partial charge in [-0.3, -0.25) is 0 Å². The van der Waals surface area contributed by atoms with Crippen LogP contribution in [0.5, 0.6) is 5.75 Å². The minimum Gasteiger partial charge on any atom is -0.484 e. The summed E-state index contributed by atoms with van der Waals surface area (Å²) in [5.74, 6) is -0.370. The molecule has 2 aromatic rings. The molecule has 0 radical (unpaired) electrons. The van der Waals surface area contributed by atoms with Gasteiger partial charge in [0.1, 0.15) is 6.61 Å². The van der Waals surface area contributed by atoms with Crippen molar-refractivity contribution in [2.24, 2.45) is 0 Å². The Hall–Kier alpha value is -1.90. The molecule has 0 fully saturated rings. The second-order valence-corrected chi connectivity index (χ2v) is 3.52. The van der Waals surface area contributed by atoms with E-state index in [1.165, 1.54) is 0 Å². The fraction of sp³-hybridized carbons (Fsp3) is 0.154. The van der Waals surface area contributed by atoms with Crippen LogP contribution in [0.2, 0.25) is 0 Å². The molecule has 0 saturated carbocycles. The van der Waals surface area contributed by atoms with Crippen LogP contribution < -0.4 is 4.74 Å². The SMILES string of the molecule is Cc1ccc(OCc2ccccc2)c(F)n1. The highest BCUT2D eigenvalue weighted by Crippen LogP contribution is 2.16. The first-order valence-electron chi connectivity index (χ1n) is 5.05. The summed E-state index contributed by atoms with van der Waals surface area (Å²) in [6, 6.07) is 12.9. The van der Waals surface area contributed by atoms with Crippen molar-refractivity contribution in [3.8, 4) is 5.75 Å².